The van der Waals surface area contributed by atoms with Gasteiger partial charge in [-0.3, -0.25) is 0 Å². The number of esters is 1. The van der Waals surface area contributed by atoms with Crippen LogP contribution in [0.1, 0.15) is 46.8 Å². The third-order valence-corrected chi connectivity index (χ3v) is 3.28. The molecule has 0 amide bonds. The number of nitrogens with zero attached hydrogens (tertiary/aromatic N) is 1. The summed E-state index contributed by atoms with van der Waals surface area (Å²) in [6.07, 6.45) is -5.36. The Balaban J connectivity index is 2.65. The molecule has 0 bridgehead atoms. The van der Waals surface area contributed by atoms with Crippen LogP contribution in [0.3, 0.4) is 0 Å². The highest BCUT2D eigenvalue weighted by Crippen LogP contribution is 2.44. The monoisotopic (exact) mass is 277 g/mol. The molecule has 1 aliphatic carbocycles. The summed E-state index contributed by atoms with van der Waals surface area (Å²) < 4.78 is 44.7. The van der Waals surface area contributed by atoms with E-state index >= 15 is 0 Å². The second kappa shape index (κ2) is 4.56. The minimum atomic E-state index is -4.62. The van der Waals surface area contributed by atoms with Gasteiger partial charge in [0.1, 0.15) is 11.4 Å². The average Bonchev–Trinajstić information content (AvgIpc) is 2.75. The Labute approximate surface area is 107 Å². The molecule has 0 saturated heterocycles. The molecule has 1 aromatic heterocycles. The van der Waals surface area contributed by atoms with Crippen LogP contribution in [0, 0.1) is 0 Å². The van der Waals surface area contributed by atoms with Gasteiger partial charge in [0.25, 0.3) is 0 Å². The van der Waals surface area contributed by atoms with Crippen LogP contribution in [0.2, 0.25) is 0 Å². The first-order valence-corrected chi connectivity index (χ1v) is 5.92. The van der Waals surface area contributed by atoms with Crippen LogP contribution in [-0.4, -0.2) is 22.2 Å². The lowest BCUT2D eigenvalue weighted by atomic mass is 10.1. The molecule has 4 nitrogen and oxygen atoms in total. The number of hydrogen-bond acceptors (Lipinski definition) is 3. The zero-order chi connectivity index (χ0) is 14.4. The summed E-state index contributed by atoms with van der Waals surface area (Å²) in [4.78, 5) is 11.8. The van der Waals surface area contributed by atoms with Gasteiger partial charge in [-0.25, -0.2) is 4.79 Å². The van der Waals surface area contributed by atoms with Crippen LogP contribution in [-0.2, 0) is 24.4 Å². The van der Waals surface area contributed by atoms with E-state index in [1.54, 1.807) is 6.92 Å². The Kier molecular flexibility index (Phi) is 3.34. The first kappa shape index (κ1) is 13.9. The van der Waals surface area contributed by atoms with Crippen molar-refractivity contribution in [1.29, 1.82) is 0 Å². The summed E-state index contributed by atoms with van der Waals surface area (Å²) in [5.74, 6) is -0.786. The maximum atomic E-state index is 13.1. The van der Waals surface area contributed by atoms with Crippen molar-refractivity contribution < 1.29 is 27.8 Å². The first-order chi connectivity index (χ1) is 8.79. The fourth-order valence-corrected chi connectivity index (χ4v) is 2.61. The topological polar surface area (TPSA) is 51.5 Å². The number of halogens is 3. The third kappa shape index (κ3) is 2.11. The normalized spacial score (nSPS) is 18.5. The van der Waals surface area contributed by atoms with Gasteiger partial charge in [-0.05, 0) is 25.3 Å². The Morgan fingerprint density at radius 2 is 2.16 bits per heavy atom. The third-order valence-electron chi connectivity index (χ3n) is 3.28. The van der Waals surface area contributed by atoms with Crippen molar-refractivity contribution in [1.82, 2.24) is 4.57 Å². The Hall–Kier alpha value is -1.50. The van der Waals surface area contributed by atoms with Crippen molar-refractivity contribution in [3.05, 3.63) is 22.5 Å². The van der Waals surface area contributed by atoms with E-state index in [2.05, 4.69) is 0 Å². The van der Waals surface area contributed by atoms with Crippen molar-refractivity contribution >= 4 is 5.97 Å². The number of ether oxygens (including phenoxy) is 1. The van der Waals surface area contributed by atoms with Gasteiger partial charge in [-0.2, -0.15) is 13.2 Å². The van der Waals surface area contributed by atoms with Gasteiger partial charge >= 0.3 is 12.1 Å². The largest absolute Gasteiger partial charge is 0.461 e. The number of rotatable bonds is 2. The molecular weight excluding hydrogens is 263 g/mol. The smallest absolute Gasteiger partial charge is 0.431 e. The predicted molar refractivity (Wildman–Crippen MR) is 59.7 cm³/mol. The second-order valence-electron chi connectivity index (χ2n) is 4.42. The highest BCUT2D eigenvalue weighted by molar-refractivity contribution is 5.90. The average molecular weight is 277 g/mol. The maximum Gasteiger partial charge on any atom is 0.431 e. The van der Waals surface area contributed by atoms with E-state index in [1.165, 1.54) is 7.05 Å². The van der Waals surface area contributed by atoms with Gasteiger partial charge in [0.15, 0.2) is 0 Å². The molecule has 0 aromatic carbocycles. The molecule has 1 heterocycles. The van der Waals surface area contributed by atoms with Crippen molar-refractivity contribution in [2.45, 2.75) is 32.0 Å². The van der Waals surface area contributed by atoms with Gasteiger partial charge < -0.3 is 14.4 Å². The summed E-state index contributed by atoms with van der Waals surface area (Å²) in [5.41, 5.74) is -1.00. The molecule has 1 unspecified atom stereocenters. The van der Waals surface area contributed by atoms with Crippen molar-refractivity contribution in [3.8, 4) is 0 Å². The number of fused-ring (bicyclic) bond motifs is 1. The van der Waals surface area contributed by atoms with E-state index in [0.29, 0.717) is 0 Å². The van der Waals surface area contributed by atoms with E-state index < -0.39 is 23.9 Å². The zero-order valence-corrected chi connectivity index (χ0v) is 10.5. The van der Waals surface area contributed by atoms with Crippen LogP contribution in [0.4, 0.5) is 13.2 Å². The number of alkyl halides is 3. The predicted octanol–water partition coefficient (Wildman–Crippen LogP) is 2.20. The van der Waals surface area contributed by atoms with Crippen molar-refractivity contribution in [2.75, 3.05) is 6.61 Å². The highest BCUT2D eigenvalue weighted by atomic mass is 19.4. The van der Waals surface area contributed by atoms with E-state index in [1.807, 2.05) is 0 Å². The van der Waals surface area contributed by atoms with Gasteiger partial charge in [0.2, 0.25) is 0 Å². The maximum absolute atomic E-state index is 13.1. The van der Waals surface area contributed by atoms with Crippen LogP contribution in [0.5, 0.6) is 0 Å². The fraction of sp³-hybridized carbons (Fsp3) is 0.583. The van der Waals surface area contributed by atoms with Crippen LogP contribution in [0.25, 0.3) is 0 Å². The lowest BCUT2D eigenvalue weighted by Gasteiger charge is -2.13. The molecule has 7 heteroatoms. The van der Waals surface area contributed by atoms with Gasteiger partial charge in [0, 0.05) is 12.6 Å². The van der Waals surface area contributed by atoms with E-state index in [-0.39, 0.29) is 36.3 Å². The summed E-state index contributed by atoms with van der Waals surface area (Å²) >= 11 is 0. The highest BCUT2D eigenvalue weighted by Gasteiger charge is 2.45. The minimum absolute atomic E-state index is 0.0860. The van der Waals surface area contributed by atoms with Crippen LogP contribution < -0.4 is 0 Å². The number of carbonyl (C=O) groups is 1. The number of aliphatic hydroxyl groups excluding tert-OH is 1. The molecule has 1 aliphatic rings. The van der Waals surface area contributed by atoms with Gasteiger partial charge in [-0.1, -0.05) is 0 Å². The van der Waals surface area contributed by atoms with E-state index in [9.17, 15) is 23.1 Å². The summed E-state index contributed by atoms with van der Waals surface area (Å²) in [7, 11) is 1.17. The lowest BCUT2D eigenvalue weighted by molar-refractivity contribution is -0.144. The number of hydrogen-bond donors (Lipinski definition) is 1. The Morgan fingerprint density at radius 3 is 2.68 bits per heavy atom. The molecule has 0 aliphatic heterocycles. The second-order valence-corrected chi connectivity index (χ2v) is 4.42. The molecule has 1 N–H and O–H groups in total. The molecule has 0 radical (unpaired) electrons. The fourth-order valence-electron chi connectivity index (χ4n) is 2.61. The standard InChI is InChI=1S/C12H14F3NO3/c1-3-19-11(18)9-6-4-5-7(17)8(6)10(16(9)2)12(13,14)15/h7,17H,3-5H2,1-2H3. The first-order valence-electron chi connectivity index (χ1n) is 5.92. The van der Waals surface area contributed by atoms with Crippen LogP contribution >= 0.6 is 0 Å². The molecule has 0 saturated carbocycles. The summed E-state index contributed by atoms with van der Waals surface area (Å²) in [5, 5.41) is 9.71. The molecule has 19 heavy (non-hydrogen) atoms. The minimum Gasteiger partial charge on any atom is -0.461 e. The number of carbonyl (C=O) groups excluding carboxylic acids is 1. The summed E-state index contributed by atoms with van der Waals surface area (Å²) in [6, 6.07) is 0. The molecule has 2 rings (SSSR count). The van der Waals surface area contributed by atoms with E-state index in [4.69, 9.17) is 4.74 Å². The zero-order valence-electron chi connectivity index (χ0n) is 10.5. The number of aromatic nitrogens is 1. The molecule has 0 fully saturated rings. The molecule has 0 spiro atoms. The molecule has 1 aromatic rings. The van der Waals surface area contributed by atoms with Crippen LogP contribution in [0.15, 0.2) is 0 Å². The van der Waals surface area contributed by atoms with Crippen molar-refractivity contribution in [2.24, 2.45) is 7.05 Å². The summed E-state index contributed by atoms with van der Waals surface area (Å²) in [6.45, 7) is 1.67. The number of aliphatic hydroxyl groups is 1. The van der Waals surface area contributed by atoms with Gasteiger partial charge in [0.05, 0.1) is 12.7 Å². The molecule has 106 valence electrons. The Morgan fingerprint density at radius 1 is 1.53 bits per heavy atom. The quantitative estimate of drug-likeness (QED) is 0.843. The molecular formula is C12H14F3NO3. The van der Waals surface area contributed by atoms with E-state index in [0.717, 1.165) is 4.57 Å². The Bertz CT molecular complexity index is 519. The SMILES string of the molecule is CCOC(=O)c1c2c(c(C(F)(F)F)n1C)C(O)CC2. The van der Waals surface area contributed by atoms with Gasteiger partial charge in [-0.15, -0.1) is 0 Å². The van der Waals surface area contributed by atoms with Crippen molar-refractivity contribution in [3.63, 3.8) is 0 Å². The molecule has 1 atom stereocenters. The lowest BCUT2D eigenvalue weighted by Crippen LogP contribution is -2.18.